The van der Waals surface area contributed by atoms with Crippen molar-refractivity contribution in [2.45, 2.75) is 26.3 Å². The first-order chi connectivity index (χ1) is 11.0. The summed E-state index contributed by atoms with van der Waals surface area (Å²) in [6.07, 6.45) is 2.90. The van der Waals surface area contributed by atoms with Crippen molar-refractivity contribution in [1.29, 1.82) is 5.26 Å². The van der Waals surface area contributed by atoms with Crippen molar-refractivity contribution in [3.63, 3.8) is 0 Å². The quantitative estimate of drug-likeness (QED) is 0.651. The number of pyridine rings is 1. The molecule has 0 aliphatic rings. The average molecular weight is 328 g/mol. The molecule has 0 fully saturated rings. The molecule has 0 amide bonds. The molecule has 0 aliphatic heterocycles. The van der Waals surface area contributed by atoms with Crippen molar-refractivity contribution >= 4 is 22.6 Å². The lowest BCUT2D eigenvalue weighted by Gasteiger charge is -2.11. The summed E-state index contributed by atoms with van der Waals surface area (Å²) in [6, 6.07) is 10.6. The van der Waals surface area contributed by atoms with Gasteiger partial charge < -0.3 is 4.57 Å². The molecule has 0 saturated heterocycles. The number of benzene rings is 1. The normalized spacial score (nSPS) is 12.3. The molecule has 0 unspecified atom stereocenters. The summed E-state index contributed by atoms with van der Waals surface area (Å²) in [5, 5.41) is 10.1. The summed E-state index contributed by atoms with van der Waals surface area (Å²) in [5.74, 6) is -0.449. The summed E-state index contributed by atoms with van der Waals surface area (Å²) >= 11 is 5.78. The predicted octanol–water partition coefficient (Wildman–Crippen LogP) is 5.34. The lowest BCUT2D eigenvalue weighted by atomic mass is 10.1. The highest BCUT2D eigenvalue weighted by Crippen LogP contribution is 2.33. The molecule has 3 nitrogen and oxygen atoms in total. The second kappa shape index (κ2) is 6.02. The van der Waals surface area contributed by atoms with Gasteiger partial charge in [-0.25, -0.2) is 9.37 Å². The van der Waals surface area contributed by atoms with Gasteiger partial charge in [0.15, 0.2) is 0 Å². The Morgan fingerprint density at radius 2 is 2.13 bits per heavy atom. The van der Waals surface area contributed by atoms with Crippen LogP contribution in [-0.2, 0) is 0 Å². The van der Waals surface area contributed by atoms with Crippen LogP contribution >= 0.6 is 11.6 Å². The Balaban J connectivity index is 2.29. The summed E-state index contributed by atoms with van der Waals surface area (Å²) < 4.78 is 15.9. The molecule has 0 saturated carbocycles. The second-order valence-corrected chi connectivity index (χ2v) is 5.92. The van der Waals surface area contributed by atoms with Gasteiger partial charge in [-0.2, -0.15) is 5.26 Å². The fourth-order valence-corrected chi connectivity index (χ4v) is 2.73. The smallest absolute Gasteiger partial charge is 0.142 e. The zero-order valence-corrected chi connectivity index (χ0v) is 13.6. The van der Waals surface area contributed by atoms with E-state index in [2.05, 4.69) is 24.9 Å². The molecule has 3 rings (SSSR count). The average Bonchev–Trinajstić information content (AvgIpc) is 2.95. The molecule has 2 aromatic heterocycles. The summed E-state index contributed by atoms with van der Waals surface area (Å²) in [7, 11) is 0. The molecule has 1 aromatic carbocycles. The van der Waals surface area contributed by atoms with Gasteiger partial charge in [-0.1, -0.05) is 24.6 Å². The van der Waals surface area contributed by atoms with Gasteiger partial charge in [-0.05, 0) is 43.2 Å². The Morgan fingerprint density at radius 1 is 1.35 bits per heavy atom. The fourth-order valence-electron chi connectivity index (χ4n) is 2.61. The fraction of sp³-hybridized carbons (Fsp3) is 0.222. The van der Waals surface area contributed by atoms with E-state index in [1.54, 1.807) is 18.2 Å². The van der Waals surface area contributed by atoms with Gasteiger partial charge in [0.05, 0.1) is 5.02 Å². The van der Waals surface area contributed by atoms with E-state index >= 15 is 0 Å². The minimum absolute atomic E-state index is 0.101. The first-order valence-electron chi connectivity index (χ1n) is 7.42. The van der Waals surface area contributed by atoms with Crippen LogP contribution in [0.5, 0.6) is 0 Å². The number of aromatic nitrogens is 2. The lowest BCUT2D eigenvalue weighted by Crippen LogP contribution is -2.03. The highest BCUT2D eigenvalue weighted by Gasteiger charge is 2.16. The van der Waals surface area contributed by atoms with Crippen LogP contribution in [0.15, 0.2) is 36.5 Å². The number of nitriles is 1. The SMILES string of the molecule is CC[C@@H](C)n1cc(-c2ccc(Cl)c(F)c2)c2ccc(C#N)nc21. The number of rotatable bonds is 3. The van der Waals surface area contributed by atoms with Crippen molar-refractivity contribution < 1.29 is 4.39 Å². The molecule has 0 aliphatic carbocycles. The largest absolute Gasteiger partial charge is 0.329 e. The minimum Gasteiger partial charge on any atom is -0.329 e. The second-order valence-electron chi connectivity index (χ2n) is 5.52. The molecule has 5 heteroatoms. The number of hydrogen-bond donors (Lipinski definition) is 0. The molecule has 116 valence electrons. The Labute approximate surface area is 138 Å². The van der Waals surface area contributed by atoms with Gasteiger partial charge in [0.2, 0.25) is 0 Å². The summed E-state index contributed by atoms with van der Waals surface area (Å²) in [6.45, 7) is 4.18. The van der Waals surface area contributed by atoms with Crippen LogP contribution in [0.3, 0.4) is 0 Å². The van der Waals surface area contributed by atoms with Crippen molar-refractivity contribution in [3.05, 3.63) is 53.1 Å². The first-order valence-corrected chi connectivity index (χ1v) is 7.80. The molecular formula is C18H15ClFN3. The van der Waals surface area contributed by atoms with Gasteiger partial charge in [0.25, 0.3) is 0 Å². The lowest BCUT2D eigenvalue weighted by molar-refractivity contribution is 0.545. The third-order valence-corrected chi connectivity index (χ3v) is 4.40. The van der Waals surface area contributed by atoms with E-state index in [0.717, 1.165) is 28.6 Å². The monoisotopic (exact) mass is 327 g/mol. The molecule has 2 heterocycles. The molecule has 0 bridgehead atoms. The van der Waals surface area contributed by atoms with E-state index in [1.807, 2.05) is 16.8 Å². The van der Waals surface area contributed by atoms with E-state index < -0.39 is 5.82 Å². The van der Waals surface area contributed by atoms with Crippen LogP contribution in [0.25, 0.3) is 22.2 Å². The van der Waals surface area contributed by atoms with Crippen LogP contribution in [0.1, 0.15) is 32.0 Å². The standard InChI is InChI=1S/C18H15ClFN3/c1-3-11(2)23-10-15(12-4-7-16(19)17(20)8-12)14-6-5-13(9-21)22-18(14)23/h4-8,10-11H,3H2,1-2H3/t11-/m1/s1. The third-order valence-electron chi connectivity index (χ3n) is 4.09. The number of hydrogen-bond acceptors (Lipinski definition) is 2. The Bertz CT molecular complexity index is 924. The summed E-state index contributed by atoms with van der Waals surface area (Å²) in [4.78, 5) is 4.43. The highest BCUT2D eigenvalue weighted by atomic mass is 35.5. The van der Waals surface area contributed by atoms with Crippen molar-refractivity contribution in [2.75, 3.05) is 0 Å². The molecule has 0 spiro atoms. The van der Waals surface area contributed by atoms with Gasteiger partial charge in [0.1, 0.15) is 23.2 Å². The molecule has 23 heavy (non-hydrogen) atoms. The maximum absolute atomic E-state index is 13.8. The topological polar surface area (TPSA) is 41.6 Å². The zero-order chi connectivity index (χ0) is 16.6. The van der Waals surface area contributed by atoms with Gasteiger partial charge >= 0.3 is 0 Å². The van der Waals surface area contributed by atoms with Crippen molar-refractivity contribution in [1.82, 2.24) is 9.55 Å². The molecule has 3 aromatic rings. The molecule has 0 radical (unpaired) electrons. The number of fused-ring (bicyclic) bond motifs is 1. The van der Waals surface area contributed by atoms with Gasteiger partial charge in [0, 0.05) is 23.2 Å². The van der Waals surface area contributed by atoms with E-state index in [1.165, 1.54) is 6.07 Å². The van der Waals surface area contributed by atoms with Crippen molar-refractivity contribution in [3.8, 4) is 17.2 Å². The van der Waals surface area contributed by atoms with E-state index in [-0.39, 0.29) is 11.1 Å². The van der Waals surface area contributed by atoms with E-state index in [4.69, 9.17) is 16.9 Å². The zero-order valence-electron chi connectivity index (χ0n) is 12.8. The Kier molecular flexibility index (Phi) is 4.06. The number of nitrogens with zero attached hydrogens (tertiary/aromatic N) is 3. The summed E-state index contributed by atoms with van der Waals surface area (Å²) in [5.41, 5.74) is 2.73. The van der Waals surface area contributed by atoms with Crippen LogP contribution in [0.2, 0.25) is 5.02 Å². The van der Waals surface area contributed by atoms with Crippen LogP contribution in [-0.4, -0.2) is 9.55 Å². The van der Waals surface area contributed by atoms with Crippen LogP contribution in [0.4, 0.5) is 4.39 Å². The molecular weight excluding hydrogens is 313 g/mol. The minimum atomic E-state index is -0.449. The Hall–Kier alpha value is -2.38. The van der Waals surface area contributed by atoms with Crippen LogP contribution in [0, 0.1) is 17.1 Å². The van der Waals surface area contributed by atoms with Gasteiger partial charge in [-0.3, -0.25) is 0 Å². The maximum Gasteiger partial charge on any atom is 0.142 e. The van der Waals surface area contributed by atoms with Crippen molar-refractivity contribution in [2.24, 2.45) is 0 Å². The highest BCUT2D eigenvalue weighted by molar-refractivity contribution is 6.30. The van der Waals surface area contributed by atoms with E-state index in [9.17, 15) is 4.39 Å². The van der Waals surface area contributed by atoms with Gasteiger partial charge in [-0.15, -0.1) is 0 Å². The number of halogens is 2. The molecule has 0 N–H and O–H groups in total. The Morgan fingerprint density at radius 3 is 2.78 bits per heavy atom. The first kappa shape index (κ1) is 15.5. The third kappa shape index (κ3) is 2.69. The van der Waals surface area contributed by atoms with E-state index in [0.29, 0.717) is 5.69 Å². The van der Waals surface area contributed by atoms with Crippen LogP contribution < -0.4 is 0 Å². The predicted molar refractivity (Wildman–Crippen MR) is 89.9 cm³/mol. The maximum atomic E-state index is 13.8. The molecule has 1 atom stereocenters.